The molecule has 58 valence electrons. The van der Waals surface area contributed by atoms with Gasteiger partial charge < -0.3 is 9.90 Å². The van der Waals surface area contributed by atoms with Crippen molar-refractivity contribution in [3.8, 4) is 0 Å². The van der Waals surface area contributed by atoms with Crippen molar-refractivity contribution in [2.45, 2.75) is 6.42 Å². The molecular formula is C7H5ClNO2-. The Bertz CT molecular complexity index is 275. The van der Waals surface area contributed by atoms with Gasteiger partial charge in [-0.2, -0.15) is 0 Å². The quantitative estimate of drug-likeness (QED) is 0.589. The van der Waals surface area contributed by atoms with Gasteiger partial charge in [0.1, 0.15) is 5.15 Å². The summed E-state index contributed by atoms with van der Waals surface area (Å²) in [6.07, 6.45) is 1.31. The summed E-state index contributed by atoms with van der Waals surface area (Å²) in [7, 11) is 0. The Morgan fingerprint density at radius 3 is 3.00 bits per heavy atom. The second kappa shape index (κ2) is 3.34. The van der Waals surface area contributed by atoms with Crippen LogP contribution in [0, 0.1) is 0 Å². The Labute approximate surface area is 68.6 Å². The fourth-order valence-corrected chi connectivity index (χ4v) is 0.893. The molecule has 1 aromatic rings. The summed E-state index contributed by atoms with van der Waals surface area (Å²) in [5.41, 5.74) is 0.481. The van der Waals surface area contributed by atoms with E-state index in [2.05, 4.69) is 4.98 Å². The zero-order valence-electron chi connectivity index (χ0n) is 5.58. The zero-order valence-corrected chi connectivity index (χ0v) is 6.34. The van der Waals surface area contributed by atoms with Gasteiger partial charge in [0.15, 0.2) is 0 Å². The van der Waals surface area contributed by atoms with Crippen molar-refractivity contribution in [3.05, 3.63) is 29.0 Å². The Balaban J connectivity index is 2.86. The number of aliphatic carboxylic acids is 1. The van der Waals surface area contributed by atoms with Gasteiger partial charge in [-0.1, -0.05) is 17.7 Å². The number of carboxylic acids is 1. The predicted molar refractivity (Wildman–Crippen MR) is 38.0 cm³/mol. The minimum absolute atomic E-state index is 0.188. The number of rotatable bonds is 2. The molecule has 0 radical (unpaired) electrons. The van der Waals surface area contributed by atoms with Crippen LogP contribution in [0.25, 0.3) is 0 Å². The van der Waals surface area contributed by atoms with Gasteiger partial charge in [0.05, 0.1) is 0 Å². The summed E-state index contributed by atoms with van der Waals surface area (Å²) < 4.78 is 0. The first-order chi connectivity index (χ1) is 5.20. The second-order valence-electron chi connectivity index (χ2n) is 2.00. The van der Waals surface area contributed by atoms with E-state index >= 15 is 0 Å². The number of carbonyl (C=O) groups excluding carboxylic acids is 1. The number of pyridine rings is 1. The maximum absolute atomic E-state index is 10.1. The minimum Gasteiger partial charge on any atom is -0.550 e. The molecule has 0 aromatic carbocycles. The highest BCUT2D eigenvalue weighted by Gasteiger charge is 1.98. The highest BCUT2D eigenvalue weighted by Crippen LogP contribution is 2.10. The van der Waals surface area contributed by atoms with E-state index in [1.807, 2.05) is 0 Å². The van der Waals surface area contributed by atoms with Crippen molar-refractivity contribution in [3.63, 3.8) is 0 Å². The maximum Gasteiger partial charge on any atom is 0.132 e. The molecular weight excluding hydrogens is 166 g/mol. The second-order valence-corrected chi connectivity index (χ2v) is 2.36. The maximum atomic E-state index is 10.1. The smallest absolute Gasteiger partial charge is 0.132 e. The van der Waals surface area contributed by atoms with E-state index in [1.165, 1.54) is 6.20 Å². The number of aromatic nitrogens is 1. The average molecular weight is 171 g/mol. The van der Waals surface area contributed by atoms with Gasteiger partial charge in [0, 0.05) is 18.6 Å². The molecule has 1 heterocycles. The number of hydrogen-bond acceptors (Lipinski definition) is 3. The number of nitrogens with zero attached hydrogens (tertiary/aromatic N) is 1. The van der Waals surface area contributed by atoms with E-state index in [9.17, 15) is 9.90 Å². The van der Waals surface area contributed by atoms with Gasteiger partial charge in [0.2, 0.25) is 0 Å². The number of halogens is 1. The van der Waals surface area contributed by atoms with Crippen LogP contribution in [0.2, 0.25) is 5.15 Å². The molecule has 4 heteroatoms. The molecule has 1 rings (SSSR count). The van der Waals surface area contributed by atoms with Gasteiger partial charge in [-0.15, -0.1) is 0 Å². The van der Waals surface area contributed by atoms with Crippen LogP contribution in [0.1, 0.15) is 5.56 Å². The average Bonchev–Trinajstić information content (AvgIpc) is 1.93. The third-order valence-electron chi connectivity index (χ3n) is 1.17. The number of carbonyl (C=O) groups is 1. The lowest BCUT2D eigenvalue weighted by atomic mass is 10.2. The highest BCUT2D eigenvalue weighted by molar-refractivity contribution is 6.30. The molecule has 0 fully saturated rings. The molecule has 11 heavy (non-hydrogen) atoms. The minimum atomic E-state index is -1.15. The SMILES string of the molecule is O=C([O-])Cc1cccnc1Cl. The van der Waals surface area contributed by atoms with Crippen LogP contribution in [0.4, 0.5) is 0 Å². The normalized spacial score (nSPS) is 9.55. The van der Waals surface area contributed by atoms with Gasteiger partial charge in [-0.25, -0.2) is 4.98 Å². The van der Waals surface area contributed by atoms with Crippen molar-refractivity contribution in [1.29, 1.82) is 0 Å². The van der Waals surface area contributed by atoms with Crippen molar-refractivity contribution >= 4 is 17.6 Å². The van der Waals surface area contributed by atoms with Crippen LogP contribution in [0.5, 0.6) is 0 Å². The Morgan fingerprint density at radius 1 is 1.73 bits per heavy atom. The van der Waals surface area contributed by atoms with Crippen LogP contribution >= 0.6 is 11.6 Å². The molecule has 3 nitrogen and oxygen atoms in total. The van der Waals surface area contributed by atoms with Gasteiger partial charge in [0.25, 0.3) is 0 Å². The topological polar surface area (TPSA) is 53.0 Å². The molecule has 1 aromatic heterocycles. The molecule has 0 saturated heterocycles. The standard InChI is InChI=1S/C7H6ClNO2/c8-7-5(4-6(10)11)2-1-3-9-7/h1-3H,4H2,(H,10,11)/p-1. The molecule has 0 amide bonds. The molecule has 0 bridgehead atoms. The zero-order chi connectivity index (χ0) is 8.27. The van der Waals surface area contributed by atoms with Crippen molar-refractivity contribution in [2.24, 2.45) is 0 Å². The summed E-state index contributed by atoms with van der Waals surface area (Å²) >= 11 is 5.57. The Morgan fingerprint density at radius 2 is 2.45 bits per heavy atom. The van der Waals surface area contributed by atoms with Gasteiger partial charge in [-0.3, -0.25) is 0 Å². The van der Waals surface area contributed by atoms with E-state index in [4.69, 9.17) is 11.6 Å². The lowest BCUT2D eigenvalue weighted by Gasteiger charge is -2.02. The van der Waals surface area contributed by atoms with Crippen molar-refractivity contribution < 1.29 is 9.90 Å². The first kappa shape index (κ1) is 8.01. The molecule has 0 saturated carbocycles. The lowest BCUT2D eigenvalue weighted by molar-refractivity contribution is -0.304. The lowest BCUT2D eigenvalue weighted by Crippen LogP contribution is -2.24. The monoisotopic (exact) mass is 170 g/mol. The molecule has 0 unspecified atom stereocenters. The van der Waals surface area contributed by atoms with E-state index in [-0.39, 0.29) is 11.6 Å². The highest BCUT2D eigenvalue weighted by atomic mass is 35.5. The predicted octanol–water partition coefficient (Wildman–Crippen LogP) is 0.0274. The van der Waals surface area contributed by atoms with Crippen LogP contribution in [0.3, 0.4) is 0 Å². The van der Waals surface area contributed by atoms with Gasteiger partial charge >= 0.3 is 0 Å². The van der Waals surface area contributed by atoms with E-state index in [0.717, 1.165) is 0 Å². The molecule has 0 N–H and O–H groups in total. The Kier molecular flexibility index (Phi) is 2.44. The van der Waals surface area contributed by atoms with Crippen LogP contribution in [-0.2, 0) is 11.2 Å². The summed E-state index contributed by atoms with van der Waals surface area (Å²) in [6.45, 7) is 0. The van der Waals surface area contributed by atoms with Crippen LogP contribution in [0.15, 0.2) is 18.3 Å². The molecule has 0 aliphatic heterocycles. The fraction of sp³-hybridized carbons (Fsp3) is 0.143. The number of hydrogen-bond donors (Lipinski definition) is 0. The summed E-state index contributed by atoms with van der Waals surface area (Å²) in [6, 6.07) is 3.23. The van der Waals surface area contributed by atoms with Gasteiger partial charge in [-0.05, 0) is 11.6 Å². The van der Waals surface area contributed by atoms with Crippen LogP contribution in [-0.4, -0.2) is 11.0 Å². The third-order valence-corrected chi connectivity index (χ3v) is 1.51. The summed E-state index contributed by atoms with van der Waals surface area (Å²) in [4.78, 5) is 13.8. The summed E-state index contributed by atoms with van der Waals surface area (Å²) in [5, 5.41) is 10.3. The third kappa shape index (κ3) is 2.20. The first-order valence-electron chi connectivity index (χ1n) is 2.99. The van der Waals surface area contributed by atoms with Crippen molar-refractivity contribution in [1.82, 2.24) is 4.98 Å². The molecule has 0 aliphatic rings. The molecule has 0 spiro atoms. The molecule has 0 atom stereocenters. The summed E-state index contributed by atoms with van der Waals surface area (Å²) in [5.74, 6) is -1.15. The Hall–Kier alpha value is -1.09. The first-order valence-corrected chi connectivity index (χ1v) is 3.37. The fourth-order valence-electron chi connectivity index (χ4n) is 0.707. The van der Waals surface area contributed by atoms with Crippen molar-refractivity contribution in [2.75, 3.05) is 0 Å². The largest absolute Gasteiger partial charge is 0.550 e. The van der Waals surface area contributed by atoms with E-state index < -0.39 is 5.97 Å². The number of carboxylic acid groups (broad SMARTS) is 1. The van der Waals surface area contributed by atoms with E-state index in [1.54, 1.807) is 12.1 Å². The van der Waals surface area contributed by atoms with Crippen LogP contribution < -0.4 is 5.11 Å². The molecule has 0 aliphatic carbocycles. The van der Waals surface area contributed by atoms with E-state index in [0.29, 0.717) is 5.56 Å².